The third-order valence-corrected chi connectivity index (χ3v) is 2.87. The Morgan fingerprint density at radius 3 is 2.48 bits per heavy atom. The lowest BCUT2D eigenvalue weighted by Crippen LogP contribution is -2.22. The van der Waals surface area contributed by atoms with Gasteiger partial charge in [0.2, 0.25) is 5.88 Å². The molecule has 2 aromatic rings. The molecule has 1 amide bonds. The predicted molar refractivity (Wildman–Crippen MR) is 79.7 cm³/mol. The van der Waals surface area contributed by atoms with Crippen LogP contribution in [0.3, 0.4) is 0 Å². The minimum Gasteiger partial charge on any atom is -0.467 e. The van der Waals surface area contributed by atoms with E-state index in [1.54, 1.807) is 12.1 Å². The van der Waals surface area contributed by atoms with Gasteiger partial charge in [-0.3, -0.25) is 4.79 Å². The lowest BCUT2D eigenvalue weighted by Gasteiger charge is -2.12. The van der Waals surface area contributed by atoms with Gasteiger partial charge in [0.1, 0.15) is 5.56 Å². The standard InChI is InChI=1S/C16H15F3N2O2/c1-10-6-11(2)8-12(7-10)21-14(22)13-4-3-5-20-15(13)23-9-16(17,18)19/h3-8H,9H2,1-2H3,(H,21,22). The van der Waals surface area contributed by atoms with E-state index in [1.165, 1.54) is 18.3 Å². The molecule has 0 aliphatic heterocycles. The normalized spacial score (nSPS) is 11.2. The molecule has 0 bridgehead atoms. The highest BCUT2D eigenvalue weighted by molar-refractivity contribution is 6.05. The van der Waals surface area contributed by atoms with Crippen molar-refractivity contribution in [1.29, 1.82) is 0 Å². The van der Waals surface area contributed by atoms with Crippen molar-refractivity contribution in [3.63, 3.8) is 0 Å². The number of nitrogens with one attached hydrogen (secondary N) is 1. The van der Waals surface area contributed by atoms with E-state index in [0.717, 1.165) is 11.1 Å². The number of ether oxygens (including phenoxy) is 1. The number of benzene rings is 1. The molecule has 4 nitrogen and oxygen atoms in total. The van der Waals surface area contributed by atoms with Crippen molar-refractivity contribution in [2.45, 2.75) is 20.0 Å². The van der Waals surface area contributed by atoms with E-state index in [2.05, 4.69) is 15.0 Å². The van der Waals surface area contributed by atoms with E-state index in [1.807, 2.05) is 19.9 Å². The lowest BCUT2D eigenvalue weighted by atomic mass is 10.1. The fraction of sp³-hybridized carbons (Fsp3) is 0.250. The molecule has 122 valence electrons. The second kappa shape index (κ2) is 6.68. The van der Waals surface area contributed by atoms with Gasteiger partial charge in [-0.05, 0) is 49.2 Å². The van der Waals surface area contributed by atoms with Crippen LogP contribution in [0.25, 0.3) is 0 Å². The second-order valence-electron chi connectivity index (χ2n) is 5.09. The fourth-order valence-electron chi connectivity index (χ4n) is 2.07. The Morgan fingerprint density at radius 2 is 1.87 bits per heavy atom. The van der Waals surface area contributed by atoms with Crippen LogP contribution < -0.4 is 10.1 Å². The highest BCUT2D eigenvalue weighted by Gasteiger charge is 2.29. The molecule has 23 heavy (non-hydrogen) atoms. The fourth-order valence-corrected chi connectivity index (χ4v) is 2.07. The van der Waals surface area contributed by atoms with Crippen LogP contribution in [-0.4, -0.2) is 23.7 Å². The van der Waals surface area contributed by atoms with Gasteiger partial charge in [0.15, 0.2) is 6.61 Å². The number of nitrogens with zero attached hydrogens (tertiary/aromatic N) is 1. The van der Waals surface area contributed by atoms with Crippen LogP contribution >= 0.6 is 0 Å². The van der Waals surface area contributed by atoms with Crippen LogP contribution in [0.4, 0.5) is 18.9 Å². The quantitative estimate of drug-likeness (QED) is 0.928. The van der Waals surface area contributed by atoms with Crippen molar-refractivity contribution in [2.24, 2.45) is 0 Å². The largest absolute Gasteiger partial charge is 0.467 e. The summed E-state index contributed by atoms with van der Waals surface area (Å²) in [7, 11) is 0. The molecule has 1 N–H and O–H groups in total. The van der Waals surface area contributed by atoms with Crippen LogP contribution in [-0.2, 0) is 0 Å². The van der Waals surface area contributed by atoms with Gasteiger partial charge in [-0.25, -0.2) is 4.98 Å². The summed E-state index contributed by atoms with van der Waals surface area (Å²) in [6.45, 7) is 2.25. The molecule has 7 heteroatoms. The molecule has 1 aromatic heterocycles. The Labute approximate surface area is 131 Å². The predicted octanol–water partition coefficient (Wildman–Crippen LogP) is 3.89. The minimum absolute atomic E-state index is 0.0593. The van der Waals surface area contributed by atoms with Gasteiger partial charge < -0.3 is 10.1 Å². The van der Waals surface area contributed by atoms with Crippen molar-refractivity contribution in [2.75, 3.05) is 11.9 Å². The van der Waals surface area contributed by atoms with Gasteiger partial charge in [0.25, 0.3) is 5.91 Å². The molecular weight excluding hydrogens is 309 g/mol. The molecule has 0 aliphatic rings. The van der Waals surface area contributed by atoms with Crippen LogP contribution in [0.1, 0.15) is 21.5 Å². The van der Waals surface area contributed by atoms with E-state index < -0.39 is 18.7 Å². The Balaban J connectivity index is 2.19. The van der Waals surface area contributed by atoms with E-state index in [-0.39, 0.29) is 11.4 Å². The maximum Gasteiger partial charge on any atom is 0.422 e. The van der Waals surface area contributed by atoms with Crippen molar-refractivity contribution in [3.8, 4) is 5.88 Å². The Morgan fingerprint density at radius 1 is 1.22 bits per heavy atom. The number of anilines is 1. The van der Waals surface area contributed by atoms with Gasteiger partial charge in [-0.1, -0.05) is 6.07 Å². The van der Waals surface area contributed by atoms with E-state index >= 15 is 0 Å². The number of carbonyl (C=O) groups is 1. The number of carbonyl (C=O) groups excluding carboxylic acids is 1. The zero-order valence-electron chi connectivity index (χ0n) is 12.6. The summed E-state index contributed by atoms with van der Waals surface area (Å²) in [5, 5.41) is 2.64. The molecule has 0 saturated carbocycles. The van der Waals surface area contributed by atoms with Crippen LogP contribution in [0.15, 0.2) is 36.5 Å². The van der Waals surface area contributed by atoms with Crippen molar-refractivity contribution in [1.82, 2.24) is 4.98 Å². The molecule has 0 saturated heterocycles. The number of aromatic nitrogens is 1. The first-order valence-corrected chi connectivity index (χ1v) is 6.79. The number of hydrogen-bond donors (Lipinski definition) is 1. The molecule has 0 atom stereocenters. The van der Waals surface area contributed by atoms with E-state index in [4.69, 9.17) is 0 Å². The van der Waals surface area contributed by atoms with Gasteiger partial charge in [-0.2, -0.15) is 13.2 Å². The highest BCUT2D eigenvalue weighted by Crippen LogP contribution is 2.21. The molecule has 0 aliphatic carbocycles. The van der Waals surface area contributed by atoms with Crippen LogP contribution in [0, 0.1) is 13.8 Å². The van der Waals surface area contributed by atoms with Gasteiger partial charge in [0.05, 0.1) is 0 Å². The number of alkyl halides is 3. The van der Waals surface area contributed by atoms with Crippen LogP contribution in [0.2, 0.25) is 0 Å². The lowest BCUT2D eigenvalue weighted by molar-refractivity contribution is -0.154. The van der Waals surface area contributed by atoms with Gasteiger partial charge in [-0.15, -0.1) is 0 Å². The second-order valence-corrected chi connectivity index (χ2v) is 5.09. The monoisotopic (exact) mass is 324 g/mol. The maximum atomic E-state index is 12.3. The molecule has 0 spiro atoms. The number of rotatable bonds is 4. The summed E-state index contributed by atoms with van der Waals surface area (Å²) in [6, 6.07) is 8.28. The van der Waals surface area contributed by atoms with E-state index in [0.29, 0.717) is 5.69 Å². The summed E-state index contributed by atoms with van der Waals surface area (Å²) >= 11 is 0. The first-order chi connectivity index (χ1) is 10.7. The number of halogens is 3. The minimum atomic E-state index is -4.50. The topological polar surface area (TPSA) is 51.2 Å². The first kappa shape index (κ1) is 16.8. The summed E-state index contributed by atoms with van der Waals surface area (Å²) in [6.07, 6.45) is -3.24. The first-order valence-electron chi connectivity index (χ1n) is 6.79. The van der Waals surface area contributed by atoms with Gasteiger partial charge in [0, 0.05) is 11.9 Å². The summed E-state index contributed by atoms with van der Waals surface area (Å²) in [4.78, 5) is 16.0. The summed E-state index contributed by atoms with van der Waals surface area (Å²) in [5.41, 5.74) is 2.41. The van der Waals surface area contributed by atoms with E-state index in [9.17, 15) is 18.0 Å². The van der Waals surface area contributed by atoms with Crippen LogP contribution in [0.5, 0.6) is 5.88 Å². The van der Waals surface area contributed by atoms with Crippen molar-refractivity contribution >= 4 is 11.6 Å². The Kier molecular flexibility index (Phi) is 4.88. The average molecular weight is 324 g/mol. The zero-order valence-corrected chi connectivity index (χ0v) is 12.6. The highest BCUT2D eigenvalue weighted by atomic mass is 19.4. The molecular formula is C16H15F3N2O2. The average Bonchev–Trinajstić information content (AvgIpc) is 2.43. The third-order valence-electron chi connectivity index (χ3n) is 2.87. The van der Waals surface area contributed by atoms with Crippen molar-refractivity contribution < 1.29 is 22.7 Å². The maximum absolute atomic E-state index is 12.3. The third kappa shape index (κ3) is 4.98. The number of aryl methyl sites for hydroxylation is 2. The Hall–Kier alpha value is -2.57. The molecule has 0 fully saturated rings. The summed E-state index contributed by atoms with van der Waals surface area (Å²) < 4.78 is 41.4. The molecule has 0 radical (unpaired) electrons. The number of hydrogen-bond acceptors (Lipinski definition) is 3. The number of amides is 1. The molecule has 2 rings (SSSR count). The molecule has 1 aromatic carbocycles. The number of pyridine rings is 1. The zero-order chi connectivity index (χ0) is 17.0. The Bertz CT molecular complexity index is 694. The SMILES string of the molecule is Cc1cc(C)cc(NC(=O)c2cccnc2OCC(F)(F)F)c1. The molecule has 1 heterocycles. The van der Waals surface area contributed by atoms with Crippen molar-refractivity contribution in [3.05, 3.63) is 53.2 Å². The summed E-state index contributed by atoms with van der Waals surface area (Å²) in [5.74, 6) is -0.938. The smallest absolute Gasteiger partial charge is 0.422 e. The molecule has 0 unspecified atom stereocenters. The van der Waals surface area contributed by atoms with Gasteiger partial charge >= 0.3 is 6.18 Å².